The van der Waals surface area contributed by atoms with Gasteiger partial charge in [0.25, 0.3) is 11.8 Å². The van der Waals surface area contributed by atoms with Gasteiger partial charge in [0.2, 0.25) is 5.78 Å². The molecule has 1 unspecified atom stereocenters. The van der Waals surface area contributed by atoms with E-state index in [4.69, 9.17) is 21.3 Å². The number of imide groups is 1. The number of esters is 1. The third kappa shape index (κ3) is 4.84. The van der Waals surface area contributed by atoms with Gasteiger partial charge < -0.3 is 4.74 Å². The summed E-state index contributed by atoms with van der Waals surface area (Å²) in [5.41, 5.74) is 4.41. The van der Waals surface area contributed by atoms with Gasteiger partial charge >= 0.3 is 5.97 Å². The van der Waals surface area contributed by atoms with Gasteiger partial charge in [0.1, 0.15) is 0 Å². The summed E-state index contributed by atoms with van der Waals surface area (Å²) in [7, 11) is 0. The monoisotopic (exact) mass is 574 g/mol. The lowest BCUT2D eigenvalue weighted by Crippen LogP contribution is -2.29. The summed E-state index contributed by atoms with van der Waals surface area (Å²) in [6.07, 6.45) is -1.02. The summed E-state index contributed by atoms with van der Waals surface area (Å²) in [4.78, 5) is 58.0. The highest BCUT2D eigenvalue weighted by Gasteiger charge is 2.36. The second kappa shape index (κ2) is 10.7. The van der Waals surface area contributed by atoms with E-state index in [0.29, 0.717) is 49.6 Å². The van der Waals surface area contributed by atoms with E-state index in [2.05, 4.69) is 0 Å². The quantitative estimate of drug-likeness (QED) is 0.122. The molecule has 0 radical (unpaired) electrons. The molecule has 0 bridgehead atoms. The number of ether oxygens (including phenoxy) is 1. The van der Waals surface area contributed by atoms with Crippen molar-refractivity contribution in [2.75, 3.05) is 4.90 Å². The number of halogens is 1. The predicted molar refractivity (Wildman–Crippen MR) is 160 cm³/mol. The zero-order valence-electron chi connectivity index (χ0n) is 22.6. The van der Waals surface area contributed by atoms with E-state index in [9.17, 15) is 19.2 Å². The number of benzene rings is 4. The first-order valence-electron chi connectivity index (χ1n) is 13.2. The number of anilines is 1. The van der Waals surface area contributed by atoms with Crippen LogP contribution in [0.3, 0.4) is 0 Å². The molecule has 1 aliphatic heterocycles. The van der Waals surface area contributed by atoms with E-state index in [1.165, 1.54) is 6.92 Å². The number of fused-ring (bicyclic) bond motifs is 2. The first-order valence-corrected chi connectivity index (χ1v) is 13.6. The van der Waals surface area contributed by atoms with E-state index in [1.807, 2.05) is 19.1 Å². The standard InChI is InChI=1S/C34H23ClN2O5/c1-19-7-9-22(10-8-19)31(38)20(2)42-34(41)28-18-30(36-29-16-13-23(35)17-27(28)29)21-11-14-24(15-12-21)37-32(39)25-5-3-4-6-26(25)33(37)40/h3-18,20H,1-2H3. The smallest absolute Gasteiger partial charge is 0.339 e. The number of pyridine rings is 1. The number of amides is 2. The Bertz CT molecular complexity index is 1880. The maximum absolute atomic E-state index is 13.4. The van der Waals surface area contributed by atoms with Crippen molar-refractivity contribution in [2.45, 2.75) is 20.0 Å². The number of carbonyl (C=O) groups excluding carboxylic acids is 4. The number of hydrogen-bond acceptors (Lipinski definition) is 6. The molecular weight excluding hydrogens is 552 g/mol. The number of nitrogens with zero attached hydrogens (tertiary/aromatic N) is 2. The highest BCUT2D eigenvalue weighted by molar-refractivity contribution is 6.34. The molecule has 2 amide bonds. The zero-order valence-corrected chi connectivity index (χ0v) is 23.4. The molecule has 42 heavy (non-hydrogen) atoms. The molecule has 1 aromatic heterocycles. The molecule has 0 aliphatic carbocycles. The average molecular weight is 575 g/mol. The van der Waals surface area contributed by atoms with E-state index in [-0.39, 0.29) is 23.2 Å². The van der Waals surface area contributed by atoms with Gasteiger partial charge in [-0.1, -0.05) is 65.7 Å². The molecule has 0 N–H and O–H groups in total. The molecule has 6 rings (SSSR count). The van der Waals surface area contributed by atoms with Crippen molar-refractivity contribution in [2.24, 2.45) is 0 Å². The van der Waals surface area contributed by atoms with Gasteiger partial charge in [0.05, 0.1) is 33.6 Å². The number of carbonyl (C=O) groups is 4. The van der Waals surface area contributed by atoms with Crippen molar-refractivity contribution >= 4 is 51.8 Å². The highest BCUT2D eigenvalue weighted by Crippen LogP contribution is 2.32. The molecule has 4 aromatic carbocycles. The molecule has 0 saturated carbocycles. The summed E-state index contributed by atoms with van der Waals surface area (Å²) >= 11 is 6.24. The first kappa shape index (κ1) is 27.1. The van der Waals surface area contributed by atoms with Gasteiger partial charge in [-0.05, 0) is 62.4 Å². The number of Topliss-reactive ketones (excluding diaryl/α,β-unsaturated/α-hetero) is 1. The maximum Gasteiger partial charge on any atom is 0.339 e. The molecule has 5 aromatic rings. The summed E-state index contributed by atoms with van der Waals surface area (Å²) in [5, 5.41) is 0.897. The first-order chi connectivity index (χ1) is 20.2. The van der Waals surface area contributed by atoms with E-state index in [1.54, 1.807) is 84.9 Å². The largest absolute Gasteiger partial charge is 0.451 e. The lowest BCUT2D eigenvalue weighted by molar-refractivity contribution is 0.0320. The van der Waals surface area contributed by atoms with Crippen LogP contribution < -0.4 is 4.90 Å². The Morgan fingerprint density at radius 2 is 1.48 bits per heavy atom. The lowest BCUT2D eigenvalue weighted by Gasteiger charge is -2.16. The summed E-state index contributed by atoms with van der Waals surface area (Å²) in [5.74, 6) is -1.78. The van der Waals surface area contributed by atoms with Gasteiger partial charge in [-0.2, -0.15) is 0 Å². The average Bonchev–Trinajstić information content (AvgIpc) is 3.26. The second-order valence-electron chi connectivity index (χ2n) is 10.0. The molecule has 8 heteroatoms. The molecule has 0 spiro atoms. The van der Waals surface area contributed by atoms with Crippen molar-refractivity contribution in [1.29, 1.82) is 0 Å². The SMILES string of the molecule is Cc1ccc(C(=O)C(C)OC(=O)c2cc(-c3ccc(N4C(=O)c5ccccc5C4=O)cc3)nc3ccc(Cl)cc23)cc1. The molecule has 0 saturated heterocycles. The summed E-state index contributed by atoms with van der Waals surface area (Å²) in [6.45, 7) is 3.46. The van der Waals surface area contributed by atoms with Crippen molar-refractivity contribution < 1.29 is 23.9 Å². The normalized spacial score (nSPS) is 13.3. The number of rotatable bonds is 6. The van der Waals surface area contributed by atoms with Crippen LogP contribution in [0.1, 0.15) is 53.9 Å². The lowest BCUT2D eigenvalue weighted by atomic mass is 10.0. The van der Waals surface area contributed by atoms with Crippen LogP contribution in [0.2, 0.25) is 5.02 Å². The minimum atomic E-state index is -1.02. The molecule has 1 atom stereocenters. The molecule has 7 nitrogen and oxygen atoms in total. The number of aromatic nitrogens is 1. The fraction of sp³-hybridized carbons (Fsp3) is 0.0882. The van der Waals surface area contributed by atoms with Crippen LogP contribution in [0.25, 0.3) is 22.2 Å². The van der Waals surface area contributed by atoms with Gasteiger partial charge in [-0.15, -0.1) is 0 Å². The molecule has 2 heterocycles. The topological polar surface area (TPSA) is 93.6 Å². The van der Waals surface area contributed by atoms with Gasteiger partial charge in [0, 0.05) is 21.5 Å². The molecule has 0 fully saturated rings. The predicted octanol–water partition coefficient (Wildman–Crippen LogP) is 7.09. The minimum absolute atomic E-state index is 0.200. The van der Waals surface area contributed by atoms with Crippen LogP contribution in [0, 0.1) is 6.92 Å². The Kier molecular flexibility index (Phi) is 6.88. The van der Waals surface area contributed by atoms with E-state index < -0.39 is 12.1 Å². The van der Waals surface area contributed by atoms with Gasteiger partial charge in [-0.25, -0.2) is 14.7 Å². The Morgan fingerprint density at radius 1 is 0.833 bits per heavy atom. The van der Waals surface area contributed by atoms with Crippen LogP contribution in [0.15, 0.2) is 97.1 Å². The number of ketones is 1. The van der Waals surface area contributed by atoms with Crippen molar-refractivity contribution in [3.63, 3.8) is 0 Å². The Hall–Kier alpha value is -5.14. The zero-order chi connectivity index (χ0) is 29.5. The van der Waals surface area contributed by atoms with Crippen LogP contribution in [-0.4, -0.2) is 34.7 Å². The molecular formula is C34H23ClN2O5. The fourth-order valence-electron chi connectivity index (χ4n) is 4.95. The fourth-order valence-corrected chi connectivity index (χ4v) is 5.12. The molecule has 206 valence electrons. The third-order valence-corrected chi connectivity index (χ3v) is 7.43. The Balaban J connectivity index is 1.31. The maximum atomic E-state index is 13.4. The van der Waals surface area contributed by atoms with Gasteiger partial charge in [-0.3, -0.25) is 14.4 Å². The third-order valence-electron chi connectivity index (χ3n) is 7.20. The van der Waals surface area contributed by atoms with Crippen molar-refractivity contribution in [3.05, 3.63) is 130 Å². The minimum Gasteiger partial charge on any atom is -0.451 e. The van der Waals surface area contributed by atoms with Gasteiger partial charge in [0.15, 0.2) is 6.10 Å². The number of hydrogen-bond donors (Lipinski definition) is 0. The van der Waals surface area contributed by atoms with Crippen molar-refractivity contribution in [3.8, 4) is 11.3 Å². The van der Waals surface area contributed by atoms with Crippen LogP contribution in [-0.2, 0) is 4.74 Å². The van der Waals surface area contributed by atoms with Crippen molar-refractivity contribution in [1.82, 2.24) is 4.98 Å². The van der Waals surface area contributed by atoms with Crippen LogP contribution >= 0.6 is 11.6 Å². The summed E-state index contributed by atoms with van der Waals surface area (Å²) < 4.78 is 5.62. The highest BCUT2D eigenvalue weighted by atomic mass is 35.5. The number of aryl methyl sites for hydroxylation is 1. The summed E-state index contributed by atoms with van der Waals surface area (Å²) in [6, 6.07) is 27.1. The van der Waals surface area contributed by atoms with E-state index in [0.717, 1.165) is 10.5 Å². The second-order valence-corrected chi connectivity index (χ2v) is 10.5. The Labute approximate surface area is 246 Å². The van der Waals surface area contributed by atoms with Crippen LogP contribution in [0.4, 0.5) is 5.69 Å². The van der Waals surface area contributed by atoms with Crippen LogP contribution in [0.5, 0.6) is 0 Å². The van der Waals surface area contributed by atoms with E-state index >= 15 is 0 Å². The molecule has 1 aliphatic rings. The Morgan fingerprint density at radius 3 is 2.12 bits per heavy atom.